The van der Waals surface area contributed by atoms with E-state index < -0.39 is 8.07 Å². The van der Waals surface area contributed by atoms with Crippen molar-refractivity contribution in [3.63, 3.8) is 0 Å². The number of hydrogen-bond donors (Lipinski definition) is 2. The highest BCUT2D eigenvalue weighted by atomic mass is 28.3. The molecule has 1 aliphatic rings. The number of likely N-dealkylation sites (N-methyl/N-ethyl adjacent to an activating group) is 1. The molecule has 5 nitrogen and oxygen atoms in total. The maximum Gasteiger partial charge on any atom is 0.139 e. The van der Waals surface area contributed by atoms with Gasteiger partial charge in [0.05, 0.1) is 17.3 Å². The van der Waals surface area contributed by atoms with Gasteiger partial charge in [0.15, 0.2) is 0 Å². The van der Waals surface area contributed by atoms with E-state index in [4.69, 9.17) is 4.74 Å². The van der Waals surface area contributed by atoms with Crippen LogP contribution < -0.4 is 10.6 Å². The number of rotatable bonds is 10. The molecule has 0 saturated heterocycles. The molecule has 0 amide bonds. The molecule has 1 atom stereocenters. The zero-order chi connectivity index (χ0) is 24.0. The lowest BCUT2D eigenvalue weighted by Gasteiger charge is -2.34. The molecule has 0 spiro atoms. The first-order chi connectivity index (χ1) is 16.4. The van der Waals surface area contributed by atoms with Crippen molar-refractivity contribution in [3.8, 4) is 0 Å². The number of fused-ring (bicyclic) bond motifs is 1. The summed E-state index contributed by atoms with van der Waals surface area (Å²) in [5.74, 6) is 0. The lowest BCUT2D eigenvalue weighted by atomic mass is 9.82. The molecule has 6 heteroatoms. The Morgan fingerprint density at radius 3 is 2.74 bits per heavy atom. The predicted octanol–water partition coefficient (Wildman–Crippen LogP) is 5.87. The largest absolute Gasteiger partial charge is 0.365 e. The minimum atomic E-state index is -1.10. The number of ether oxygens (including phenoxy) is 1. The van der Waals surface area contributed by atoms with Crippen molar-refractivity contribution in [2.45, 2.75) is 44.4 Å². The standard InChI is InChI=1S/C28H36N4OSi/c1-29-28(15-8-11-26(20-28)30-16-14-23-9-6-5-7-10-23)25-13-12-24-21-31-32(27(24)19-25)22-33-17-18-34(2,3)4/h5-16,19,21,29-30H,17-18,20,22H2,1-4H3/b16-14+. The molecule has 0 fully saturated rings. The lowest BCUT2D eigenvalue weighted by molar-refractivity contribution is 0.0817. The van der Waals surface area contributed by atoms with E-state index in [0.717, 1.165) is 35.7 Å². The molecule has 1 unspecified atom stereocenters. The quantitative estimate of drug-likeness (QED) is 0.286. The molecule has 1 heterocycles. The summed E-state index contributed by atoms with van der Waals surface area (Å²) in [4.78, 5) is 0. The molecule has 1 aliphatic carbocycles. The maximum atomic E-state index is 5.98. The van der Waals surface area contributed by atoms with Gasteiger partial charge >= 0.3 is 0 Å². The fraction of sp³-hybridized carbons (Fsp3) is 0.321. The highest BCUT2D eigenvalue weighted by molar-refractivity contribution is 6.76. The van der Waals surface area contributed by atoms with Gasteiger partial charge in [0.2, 0.25) is 0 Å². The second kappa shape index (κ2) is 10.6. The topological polar surface area (TPSA) is 51.1 Å². The second-order valence-electron chi connectivity index (χ2n) is 10.1. The van der Waals surface area contributed by atoms with Gasteiger partial charge in [0, 0.05) is 38.4 Å². The van der Waals surface area contributed by atoms with Crippen LogP contribution in [0.15, 0.2) is 84.9 Å². The van der Waals surface area contributed by atoms with Crippen molar-refractivity contribution in [1.82, 2.24) is 20.4 Å². The number of aromatic nitrogens is 2. The number of benzene rings is 2. The lowest BCUT2D eigenvalue weighted by Crippen LogP contribution is -2.40. The van der Waals surface area contributed by atoms with Gasteiger partial charge in [0.25, 0.3) is 0 Å². The monoisotopic (exact) mass is 472 g/mol. The predicted molar refractivity (Wildman–Crippen MR) is 145 cm³/mol. The average molecular weight is 473 g/mol. The number of nitrogens with one attached hydrogen (secondary N) is 2. The summed E-state index contributed by atoms with van der Waals surface area (Å²) in [5, 5.41) is 12.8. The Balaban J connectivity index is 1.48. The Kier molecular flexibility index (Phi) is 7.51. The first-order valence-corrected chi connectivity index (χ1v) is 15.7. The normalized spacial score (nSPS) is 18.5. The molecule has 0 aliphatic heterocycles. The van der Waals surface area contributed by atoms with Gasteiger partial charge in [-0.15, -0.1) is 0 Å². The van der Waals surface area contributed by atoms with E-state index in [9.17, 15) is 0 Å². The van der Waals surface area contributed by atoms with Crippen LogP contribution in [0.2, 0.25) is 25.7 Å². The third-order valence-electron chi connectivity index (χ3n) is 6.31. The van der Waals surface area contributed by atoms with Crippen LogP contribution in [0.3, 0.4) is 0 Å². The molecule has 0 bridgehead atoms. The number of hydrogen-bond acceptors (Lipinski definition) is 4. The van der Waals surface area contributed by atoms with E-state index in [2.05, 4.69) is 90.0 Å². The van der Waals surface area contributed by atoms with Gasteiger partial charge in [-0.25, -0.2) is 4.68 Å². The van der Waals surface area contributed by atoms with Crippen molar-refractivity contribution in [2.75, 3.05) is 13.7 Å². The van der Waals surface area contributed by atoms with Crippen molar-refractivity contribution in [3.05, 3.63) is 96.0 Å². The number of nitrogens with zero attached hydrogens (tertiary/aromatic N) is 2. The van der Waals surface area contributed by atoms with Crippen molar-refractivity contribution in [2.24, 2.45) is 0 Å². The van der Waals surface area contributed by atoms with E-state index in [0.29, 0.717) is 6.73 Å². The third-order valence-corrected chi connectivity index (χ3v) is 8.01. The van der Waals surface area contributed by atoms with E-state index in [-0.39, 0.29) is 5.54 Å². The molecular weight excluding hydrogens is 436 g/mol. The molecule has 34 heavy (non-hydrogen) atoms. The summed E-state index contributed by atoms with van der Waals surface area (Å²) in [6.45, 7) is 8.38. The SMILES string of the molecule is CNC1(c2ccc3cnn(COCC[Si](C)(C)C)c3c2)C=CC=C(N/C=C/c2ccccc2)C1. The maximum absolute atomic E-state index is 5.98. The van der Waals surface area contributed by atoms with Crippen LogP contribution in [0.5, 0.6) is 0 Å². The summed E-state index contributed by atoms with van der Waals surface area (Å²) in [6, 6.07) is 18.1. The van der Waals surface area contributed by atoms with Crippen LogP contribution in [0.25, 0.3) is 17.0 Å². The van der Waals surface area contributed by atoms with Gasteiger partial charge in [-0.05, 0) is 42.4 Å². The molecule has 2 aromatic carbocycles. The molecule has 0 saturated carbocycles. The highest BCUT2D eigenvalue weighted by Crippen LogP contribution is 2.34. The van der Waals surface area contributed by atoms with Gasteiger partial charge < -0.3 is 15.4 Å². The van der Waals surface area contributed by atoms with Crippen molar-refractivity contribution < 1.29 is 4.74 Å². The summed E-state index contributed by atoms with van der Waals surface area (Å²) in [6.07, 6.45) is 13.4. The van der Waals surface area contributed by atoms with Crippen molar-refractivity contribution in [1.29, 1.82) is 0 Å². The Labute approximate surface area is 204 Å². The first kappa shape index (κ1) is 24.2. The molecule has 1 aromatic heterocycles. The smallest absolute Gasteiger partial charge is 0.139 e. The fourth-order valence-corrected chi connectivity index (χ4v) is 4.91. The Bertz CT molecular complexity index is 1190. The van der Waals surface area contributed by atoms with Crippen molar-refractivity contribution >= 4 is 25.1 Å². The van der Waals surface area contributed by atoms with E-state index in [1.165, 1.54) is 11.1 Å². The zero-order valence-electron chi connectivity index (χ0n) is 20.7. The van der Waals surface area contributed by atoms with Gasteiger partial charge in [0.1, 0.15) is 6.73 Å². The van der Waals surface area contributed by atoms with Crippen LogP contribution in [0.4, 0.5) is 0 Å². The summed E-state index contributed by atoms with van der Waals surface area (Å²) in [5.41, 5.74) is 4.35. The Hall–Kier alpha value is -2.93. The van der Waals surface area contributed by atoms with Crippen LogP contribution in [-0.4, -0.2) is 31.5 Å². The molecular formula is C28H36N4OSi. The first-order valence-electron chi connectivity index (χ1n) is 12.0. The molecule has 4 rings (SSSR count). The Morgan fingerprint density at radius 2 is 1.97 bits per heavy atom. The third kappa shape index (κ3) is 5.94. The summed E-state index contributed by atoms with van der Waals surface area (Å²) >= 11 is 0. The number of allylic oxidation sites excluding steroid dienone is 2. The molecule has 2 N–H and O–H groups in total. The molecule has 3 aromatic rings. The molecule has 0 radical (unpaired) electrons. The summed E-state index contributed by atoms with van der Waals surface area (Å²) < 4.78 is 7.94. The highest BCUT2D eigenvalue weighted by Gasteiger charge is 2.31. The fourth-order valence-electron chi connectivity index (χ4n) is 4.15. The van der Waals surface area contributed by atoms with Gasteiger partial charge in [-0.1, -0.05) is 74.3 Å². The van der Waals surface area contributed by atoms with Crippen LogP contribution >= 0.6 is 0 Å². The van der Waals surface area contributed by atoms with Gasteiger partial charge in [-0.3, -0.25) is 0 Å². The van der Waals surface area contributed by atoms with Crippen LogP contribution in [0.1, 0.15) is 17.5 Å². The molecule has 178 valence electrons. The average Bonchev–Trinajstić information content (AvgIpc) is 3.24. The van der Waals surface area contributed by atoms with Crippen LogP contribution in [0, 0.1) is 0 Å². The summed E-state index contributed by atoms with van der Waals surface area (Å²) in [7, 11) is 0.920. The van der Waals surface area contributed by atoms with E-state index >= 15 is 0 Å². The van der Waals surface area contributed by atoms with E-state index in [1.54, 1.807) is 0 Å². The minimum absolute atomic E-state index is 0.292. The van der Waals surface area contributed by atoms with Gasteiger partial charge in [-0.2, -0.15) is 5.10 Å². The zero-order valence-corrected chi connectivity index (χ0v) is 21.7. The minimum Gasteiger partial charge on any atom is -0.365 e. The second-order valence-corrected chi connectivity index (χ2v) is 15.7. The van der Waals surface area contributed by atoms with E-state index in [1.807, 2.05) is 42.3 Å². The Morgan fingerprint density at radius 1 is 1.15 bits per heavy atom. The van der Waals surface area contributed by atoms with Crippen LogP contribution in [-0.2, 0) is 17.0 Å².